The highest BCUT2D eigenvalue weighted by Crippen LogP contribution is 2.46. The lowest BCUT2D eigenvalue weighted by Gasteiger charge is -2.29. The number of rotatable bonds is 7. The predicted molar refractivity (Wildman–Crippen MR) is 128 cm³/mol. The lowest BCUT2D eigenvalue weighted by atomic mass is 9.80. The first-order chi connectivity index (χ1) is 17.4. The van der Waals surface area contributed by atoms with E-state index in [4.69, 9.17) is 24.4 Å². The molecule has 0 saturated carbocycles. The molecule has 2 heterocycles. The van der Waals surface area contributed by atoms with E-state index in [2.05, 4.69) is 10.8 Å². The van der Waals surface area contributed by atoms with Crippen molar-refractivity contribution in [2.24, 2.45) is 5.73 Å². The zero-order valence-corrected chi connectivity index (χ0v) is 20.0. The minimum Gasteiger partial charge on any atom is -0.485 e. The summed E-state index contributed by atoms with van der Waals surface area (Å²) < 4.78 is 27.2. The van der Waals surface area contributed by atoms with Gasteiger partial charge in [0.2, 0.25) is 11.6 Å². The number of hydrogen-bond donors (Lipinski definition) is 1. The Bertz CT molecular complexity index is 1440. The van der Waals surface area contributed by atoms with Crippen molar-refractivity contribution in [3.63, 3.8) is 0 Å². The molecule has 0 spiro atoms. The van der Waals surface area contributed by atoms with E-state index < -0.39 is 17.9 Å². The average molecular weight is 488 g/mol. The Morgan fingerprint density at radius 3 is 2.61 bits per heavy atom. The number of ether oxygens (including phenoxy) is 4. The number of nitriles is 1. The topological polar surface area (TPSA) is 134 Å². The summed E-state index contributed by atoms with van der Waals surface area (Å²) in [6.45, 7) is 3.41. The van der Waals surface area contributed by atoms with E-state index in [-0.39, 0.29) is 41.8 Å². The second-order valence-corrected chi connectivity index (χ2v) is 7.86. The SMILES string of the molecule is CCOC(=O)C1=C(C)OC(N)=C(C#N)C1c1c(OCc2ccc(C(=O)OC)o2)ccc2ccccc12. The highest BCUT2D eigenvalue weighted by atomic mass is 16.5. The van der Waals surface area contributed by atoms with Crippen LogP contribution in [0.25, 0.3) is 10.8 Å². The monoisotopic (exact) mass is 488 g/mol. The third-order valence-electron chi connectivity index (χ3n) is 5.74. The number of furan rings is 1. The Hall–Kier alpha value is -4.71. The number of esters is 2. The van der Waals surface area contributed by atoms with Gasteiger partial charge in [0, 0.05) is 5.56 Å². The summed E-state index contributed by atoms with van der Waals surface area (Å²) in [6, 6.07) is 16.3. The normalized spacial score (nSPS) is 15.3. The van der Waals surface area contributed by atoms with Gasteiger partial charge in [-0.3, -0.25) is 0 Å². The highest BCUT2D eigenvalue weighted by molar-refractivity contribution is 5.96. The van der Waals surface area contributed by atoms with Crippen LogP contribution in [0.15, 0.2) is 75.7 Å². The van der Waals surface area contributed by atoms with Crippen molar-refractivity contribution < 1.29 is 33.0 Å². The van der Waals surface area contributed by atoms with Crippen LogP contribution < -0.4 is 10.5 Å². The number of carbonyl (C=O) groups is 2. The van der Waals surface area contributed by atoms with Crippen LogP contribution in [0.2, 0.25) is 0 Å². The molecule has 9 heteroatoms. The number of benzene rings is 2. The van der Waals surface area contributed by atoms with E-state index in [1.54, 1.807) is 26.0 Å². The van der Waals surface area contributed by atoms with Gasteiger partial charge in [-0.2, -0.15) is 5.26 Å². The third kappa shape index (κ3) is 4.49. The molecule has 0 saturated heterocycles. The Labute approximate surface area is 207 Å². The molecule has 0 fully saturated rings. The van der Waals surface area contributed by atoms with Gasteiger partial charge < -0.3 is 29.1 Å². The number of fused-ring (bicyclic) bond motifs is 1. The molecule has 1 aromatic heterocycles. The van der Waals surface area contributed by atoms with Gasteiger partial charge in [-0.15, -0.1) is 0 Å². The molecule has 0 amide bonds. The molecule has 4 rings (SSSR count). The first kappa shape index (κ1) is 24.4. The zero-order valence-electron chi connectivity index (χ0n) is 20.0. The van der Waals surface area contributed by atoms with E-state index >= 15 is 0 Å². The van der Waals surface area contributed by atoms with Crippen LogP contribution in [0, 0.1) is 11.3 Å². The van der Waals surface area contributed by atoms with E-state index in [9.17, 15) is 14.9 Å². The van der Waals surface area contributed by atoms with Crippen LogP contribution in [-0.4, -0.2) is 25.7 Å². The van der Waals surface area contributed by atoms with Crippen LogP contribution in [0.1, 0.15) is 41.6 Å². The molecule has 1 atom stereocenters. The fourth-order valence-corrected chi connectivity index (χ4v) is 4.16. The van der Waals surface area contributed by atoms with Crippen molar-refractivity contribution in [3.05, 3.63) is 88.4 Å². The van der Waals surface area contributed by atoms with E-state index in [1.807, 2.05) is 30.3 Å². The molecule has 184 valence electrons. The zero-order chi connectivity index (χ0) is 25.8. The summed E-state index contributed by atoms with van der Waals surface area (Å²) in [6.07, 6.45) is 0. The second-order valence-electron chi connectivity index (χ2n) is 7.86. The number of nitrogens with zero attached hydrogens (tertiary/aromatic N) is 1. The molecule has 1 aliphatic rings. The highest BCUT2D eigenvalue weighted by Gasteiger charge is 2.39. The van der Waals surface area contributed by atoms with Crippen LogP contribution in [-0.2, 0) is 25.6 Å². The summed E-state index contributed by atoms with van der Waals surface area (Å²) in [5, 5.41) is 11.6. The summed E-state index contributed by atoms with van der Waals surface area (Å²) in [7, 11) is 1.26. The summed E-state index contributed by atoms with van der Waals surface area (Å²) in [5.41, 5.74) is 6.88. The maximum absolute atomic E-state index is 13.0. The van der Waals surface area contributed by atoms with Gasteiger partial charge in [0.15, 0.2) is 0 Å². The number of hydrogen-bond acceptors (Lipinski definition) is 9. The average Bonchev–Trinajstić information content (AvgIpc) is 3.35. The van der Waals surface area contributed by atoms with Crippen molar-refractivity contribution in [1.82, 2.24) is 0 Å². The molecule has 36 heavy (non-hydrogen) atoms. The number of carbonyl (C=O) groups excluding carboxylic acids is 2. The summed E-state index contributed by atoms with van der Waals surface area (Å²) in [4.78, 5) is 24.8. The van der Waals surface area contributed by atoms with Gasteiger partial charge in [0.25, 0.3) is 0 Å². The maximum atomic E-state index is 13.0. The molecule has 0 aliphatic carbocycles. The fraction of sp³-hybridized carbons (Fsp3) is 0.222. The van der Waals surface area contributed by atoms with Crippen LogP contribution >= 0.6 is 0 Å². The van der Waals surface area contributed by atoms with Crippen molar-refractivity contribution in [2.45, 2.75) is 26.4 Å². The summed E-state index contributed by atoms with van der Waals surface area (Å²) in [5.74, 6) is -1.15. The number of nitrogens with two attached hydrogens (primary N) is 1. The van der Waals surface area contributed by atoms with Gasteiger partial charge in [-0.05, 0) is 42.8 Å². The molecular weight excluding hydrogens is 464 g/mol. The van der Waals surface area contributed by atoms with E-state index in [1.165, 1.54) is 13.2 Å². The molecule has 3 aromatic rings. The smallest absolute Gasteiger partial charge is 0.373 e. The van der Waals surface area contributed by atoms with Crippen LogP contribution in [0.3, 0.4) is 0 Å². The van der Waals surface area contributed by atoms with Crippen molar-refractivity contribution >= 4 is 22.7 Å². The fourth-order valence-electron chi connectivity index (χ4n) is 4.16. The lowest BCUT2D eigenvalue weighted by Crippen LogP contribution is -2.26. The lowest BCUT2D eigenvalue weighted by molar-refractivity contribution is -0.139. The van der Waals surface area contributed by atoms with Gasteiger partial charge >= 0.3 is 11.9 Å². The van der Waals surface area contributed by atoms with Gasteiger partial charge in [-0.25, -0.2) is 9.59 Å². The largest absolute Gasteiger partial charge is 0.485 e. The molecule has 0 radical (unpaired) electrons. The van der Waals surface area contributed by atoms with E-state index in [0.717, 1.165) is 10.8 Å². The molecule has 2 N–H and O–H groups in total. The standard InChI is InChI=1S/C27H24N2O7/c1-4-33-27(31)22-15(2)35-25(29)19(13-28)24(22)23-18-8-6-5-7-16(18)9-11-20(23)34-14-17-10-12-21(36-17)26(30)32-3/h5-12,24H,4,14,29H2,1-3H3. The number of methoxy groups -OCH3 is 1. The maximum Gasteiger partial charge on any atom is 0.373 e. The van der Waals surface area contributed by atoms with Crippen molar-refractivity contribution in [3.8, 4) is 11.8 Å². The Kier molecular flexibility index (Phi) is 6.97. The van der Waals surface area contributed by atoms with Gasteiger partial charge in [-0.1, -0.05) is 30.3 Å². The third-order valence-corrected chi connectivity index (χ3v) is 5.74. The minimum absolute atomic E-state index is 0.0237. The van der Waals surface area contributed by atoms with Gasteiger partial charge in [0.05, 0.1) is 25.2 Å². The second kappa shape index (κ2) is 10.3. The minimum atomic E-state index is -0.897. The van der Waals surface area contributed by atoms with E-state index in [0.29, 0.717) is 17.1 Å². The summed E-state index contributed by atoms with van der Waals surface area (Å²) >= 11 is 0. The molecule has 9 nitrogen and oxygen atoms in total. The van der Waals surface area contributed by atoms with Crippen LogP contribution in [0.5, 0.6) is 5.75 Å². The van der Waals surface area contributed by atoms with Crippen molar-refractivity contribution in [2.75, 3.05) is 13.7 Å². The molecule has 0 bridgehead atoms. The molecule has 1 aliphatic heterocycles. The number of allylic oxidation sites excluding steroid dienone is 2. The Balaban J connectivity index is 1.86. The first-order valence-corrected chi connectivity index (χ1v) is 11.2. The Morgan fingerprint density at radius 2 is 1.89 bits per heavy atom. The van der Waals surface area contributed by atoms with Crippen molar-refractivity contribution in [1.29, 1.82) is 5.26 Å². The van der Waals surface area contributed by atoms with Crippen LogP contribution in [0.4, 0.5) is 0 Å². The van der Waals surface area contributed by atoms with Gasteiger partial charge in [0.1, 0.15) is 35.5 Å². The quantitative estimate of drug-likeness (QED) is 0.479. The molecular formula is C27H24N2O7. The predicted octanol–water partition coefficient (Wildman–Crippen LogP) is 4.44. The molecule has 1 unspecified atom stereocenters. The first-order valence-electron chi connectivity index (χ1n) is 11.2. The Morgan fingerprint density at radius 1 is 1.11 bits per heavy atom. The molecule has 2 aromatic carbocycles.